The largest absolute Gasteiger partial charge is 4.00 e. The monoisotopic (exact) mass is 470 g/mol. The van der Waals surface area contributed by atoms with Crippen LogP contribution in [-0.4, -0.2) is 17.9 Å². The predicted molar refractivity (Wildman–Crippen MR) is 112 cm³/mol. The Labute approximate surface area is 202 Å². The van der Waals surface area contributed by atoms with Crippen LogP contribution in [-0.2, 0) is 48.9 Å². The Kier molecular flexibility index (Phi) is 16.0. The third kappa shape index (κ3) is 17.8. The van der Waals surface area contributed by atoms with E-state index in [0.29, 0.717) is 0 Å². The Morgan fingerprint density at radius 3 is 1.26 bits per heavy atom. The predicted octanol–water partition coefficient (Wildman–Crippen LogP) is 1.63. The topological polar surface area (TPSA) is 120 Å². The number of carboxylic acid groups (broad SMARTS) is 3. The summed E-state index contributed by atoms with van der Waals surface area (Å²) < 4.78 is 0. The van der Waals surface area contributed by atoms with Crippen LogP contribution >= 0.6 is 0 Å². The van der Waals surface area contributed by atoms with Gasteiger partial charge in [0.25, 0.3) is 0 Å². The molecule has 0 saturated carbocycles. The first-order valence-electron chi connectivity index (χ1n) is 10.2. The molecule has 1 aliphatic rings. The second-order valence-corrected chi connectivity index (χ2v) is 10.4. The van der Waals surface area contributed by atoms with Gasteiger partial charge in [-0.15, -0.1) is 0 Å². The van der Waals surface area contributed by atoms with Gasteiger partial charge in [0.05, 0.1) is 0 Å². The van der Waals surface area contributed by atoms with E-state index in [1.165, 1.54) is 25.7 Å². The normalized spacial score (nSPS) is 12.7. The summed E-state index contributed by atoms with van der Waals surface area (Å²) in [6, 6.07) is 6.69. The van der Waals surface area contributed by atoms with E-state index in [2.05, 4.69) is 18.2 Å². The van der Waals surface area contributed by atoms with Crippen molar-refractivity contribution in [2.45, 2.75) is 88.0 Å². The SMILES string of the molecule is CC(C)(C)C(=O)[O-].CC(C)(C)C(=O)[O-].CC(C)(C)C(=O)[O-].[Ti+4].c1cc2c([cH-]1)CCCC2. The van der Waals surface area contributed by atoms with Gasteiger partial charge in [-0.05, 0) is 0 Å². The van der Waals surface area contributed by atoms with Crippen LogP contribution in [0.25, 0.3) is 0 Å². The molecule has 0 aliphatic heterocycles. The molecule has 2 rings (SSSR count). The smallest absolute Gasteiger partial charge is 0.550 e. The quantitative estimate of drug-likeness (QED) is 0.420. The zero-order chi connectivity index (χ0) is 24.3. The summed E-state index contributed by atoms with van der Waals surface area (Å²) in [4.78, 5) is 29.7. The molecule has 0 radical (unpaired) electrons. The molecule has 174 valence electrons. The number of rotatable bonds is 0. The maximum absolute atomic E-state index is 9.91. The van der Waals surface area contributed by atoms with Crippen molar-refractivity contribution in [3.05, 3.63) is 29.3 Å². The van der Waals surface area contributed by atoms with Gasteiger partial charge >= 0.3 is 21.7 Å². The Morgan fingerprint density at radius 1 is 0.710 bits per heavy atom. The van der Waals surface area contributed by atoms with Gasteiger partial charge in [0.2, 0.25) is 0 Å². The van der Waals surface area contributed by atoms with Gasteiger partial charge in [0, 0.05) is 34.2 Å². The van der Waals surface area contributed by atoms with Gasteiger partial charge in [-0.1, -0.05) is 88.0 Å². The first-order chi connectivity index (χ1) is 13.3. The van der Waals surface area contributed by atoms with Crippen molar-refractivity contribution < 1.29 is 51.4 Å². The summed E-state index contributed by atoms with van der Waals surface area (Å²) in [5.41, 5.74) is 1.11. The molecule has 0 atom stereocenters. The molecule has 1 aromatic carbocycles. The van der Waals surface area contributed by atoms with Crippen LogP contribution in [0.15, 0.2) is 18.2 Å². The number of carbonyl (C=O) groups is 3. The van der Waals surface area contributed by atoms with E-state index >= 15 is 0 Å². The van der Waals surface area contributed by atoms with Crippen LogP contribution in [0.3, 0.4) is 0 Å². The Balaban J connectivity index is -0.000000337. The molecule has 0 spiro atoms. The van der Waals surface area contributed by atoms with Crippen molar-refractivity contribution in [3.8, 4) is 0 Å². The summed E-state index contributed by atoms with van der Waals surface area (Å²) in [6.07, 6.45) is 5.44. The Hall–Kier alpha value is -1.53. The summed E-state index contributed by atoms with van der Waals surface area (Å²) in [6.45, 7) is 14.4. The third-order valence-corrected chi connectivity index (χ3v) is 3.99. The number of hydrogen-bond acceptors (Lipinski definition) is 6. The van der Waals surface area contributed by atoms with Gasteiger partial charge in [-0.3, -0.25) is 0 Å². The first-order valence-corrected chi connectivity index (χ1v) is 10.2. The molecule has 7 heteroatoms. The maximum Gasteiger partial charge on any atom is 4.00 e. The van der Waals surface area contributed by atoms with Crippen LogP contribution in [0.4, 0.5) is 0 Å². The third-order valence-electron chi connectivity index (χ3n) is 3.99. The molecule has 0 heterocycles. The van der Waals surface area contributed by atoms with Gasteiger partial charge in [0.15, 0.2) is 0 Å². The van der Waals surface area contributed by atoms with Crippen LogP contribution in [0.1, 0.15) is 86.3 Å². The average Bonchev–Trinajstić information content (AvgIpc) is 3.02. The molecule has 0 amide bonds. The molecule has 0 unspecified atom stereocenters. The average molecular weight is 470 g/mol. The fourth-order valence-corrected chi connectivity index (χ4v) is 1.61. The molecule has 6 nitrogen and oxygen atoms in total. The minimum atomic E-state index is -1.01. The number of fused-ring (bicyclic) bond motifs is 1. The van der Waals surface area contributed by atoms with Crippen molar-refractivity contribution in [1.29, 1.82) is 0 Å². The summed E-state index contributed by atoms with van der Waals surface area (Å²) >= 11 is 0. The number of carboxylic acids is 3. The molecule has 31 heavy (non-hydrogen) atoms. The number of aliphatic carboxylic acids is 3. The second-order valence-electron chi connectivity index (χ2n) is 10.4. The van der Waals surface area contributed by atoms with Gasteiger partial charge in [-0.25, -0.2) is 6.07 Å². The fourth-order valence-electron chi connectivity index (χ4n) is 1.61. The van der Waals surface area contributed by atoms with Crippen molar-refractivity contribution in [2.24, 2.45) is 16.2 Å². The van der Waals surface area contributed by atoms with Crippen molar-refractivity contribution in [3.63, 3.8) is 0 Å². The van der Waals surface area contributed by atoms with Gasteiger partial charge < -0.3 is 29.7 Å². The first kappa shape index (κ1) is 34.1. The van der Waals surface area contributed by atoms with E-state index in [4.69, 9.17) is 0 Å². The van der Waals surface area contributed by atoms with E-state index in [1.807, 2.05) is 0 Å². The number of hydrogen-bond donors (Lipinski definition) is 0. The molecule has 0 aromatic heterocycles. The van der Waals surface area contributed by atoms with E-state index < -0.39 is 34.2 Å². The number of carbonyl (C=O) groups excluding carboxylic acids is 3. The summed E-state index contributed by atoms with van der Waals surface area (Å²) in [5.74, 6) is -3.02. The van der Waals surface area contributed by atoms with Crippen LogP contribution < -0.4 is 15.3 Å². The minimum Gasteiger partial charge on any atom is -0.550 e. The molecule has 1 aliphatic carbocycles. The molecule has 1 aromatic rings. The summed E-state index contributed by atoms with van der Waals surface area (Å²) in [5, 5.41) is 29.7. The van der Waals surface area contributed by atoms with Crippen LogP contribution in [0, 0.1) is 16.2 Å². The van der Waals surface area contributed by atoms with E-state index in [1.54, 1.807) is 73.4 Å². The molecular weight excluding hydrogens is 432 g/mol. The molecule has 0 N–H and O–H groups in total. The van der Waals surface area contributed by atoms with Gasteiger partial charge in [-0.2, -0.15) is 23.3 Å². The van der Waals surface area contributed by atoms with Crippen LogP contribution in [0.2, 0.25) is 0 Å². The molecule has 0 fully saturated rings. The zero-order valence-electron chi connectivity index (χ0n) is 20.5. The van der Waals surface area contributed by atoms with Crippen molar-refractivity contribution >= 4 is 17.9 Å². The number of aryl methyl sites for hydroxylation is 2. The maximum atomic E-state index is 9.91. The zero-order valence-corrected chi connectivity index (χ0v) is 22.1. The van der Waals surface area contributed by atoms with E-state index in [9.17, 15) is 29.7 Å². The van der Waals surface area contributed by atoms with E-state index in [-0.39, 0.29) is 21.7 Å². The minimum absolute atomic E-state index is 0. The Morgan fingerprint density at radius 2 is 1.00 bits per heavy atom. The van der Waals surface area contributed by atoms with Gasteiger partial charge in [0.1, 0.15) is 0 Å². The van der Waals surface area contributed by atoms with Crippen molar-refractivity contribution in [2.75, 3.05) is 0 Å². The summed E-state index contributed by atoms with van der Waals surface area (Å²) in [7, 11) is 0. The Bertz CT molecular complexity index is 592. The molecule has 0 saturated heterocycles. The standard InChI is InChI=1S/C9H11.3C5H10O2.Ti/c1-2-5-9-7-3-6-8(9)4-1;3*1-5(2,3)4(6)7;/h3,6-7H,1-2,4-5H2;3*1-3H3,(H,6,7);/q-1;;;;+4/p-3. The van der Waals surface area contributed by atoms with Crippen LogP contribution in [0.5, 0.6) is 0 Å². The van der Waals surface area contributed by atoms with Crippen molar-refractivity contribution in [1.82, 2.24) is 0 Å². The molecular formula is C24H38O6Ti. The van der Waals surface area contributed by atoms with E-state index in [0.717, 1.165) is 0 Å². The molecule has 0 bridgehead atoms. The fraction of sp³-hybridized carbons (Fsp3) is 0.667. The second kappa shape index (κ2) is 14.5.